The molecule has 1 atom stereocenters. The fourth-order valence-electron chi connectivity index (χ4n) is 3.58. The number of rotatable bonds is 2. The van der Waals surface area contributed by atoms with Gasteiger partial charge in [0.25, 0.3) is 0 Å². The largest absolute Gasteiger partial charge is 0.127 e. The van der Waals surface area contributed by atoms with Crippen LogP contribution in [0.1, 0.15) is 57.2 Å². The van der Waals surface area contributed by atoms with Gasteiger partial charge in [-0.2, -0.15) is 0 Å². The average molecular weight is 265 g/mol. The third-order valence-corrected chi connectivity index (χ3v) is 5.05. The molecule has 0 bridgehead atoms. The summed E-state index contributed by atoms with van der Waals surface area (Å²) in [6.45, 7) is 11.7. The highest BCUT2D eigenvalue weighted by Crippen LogP contribution is 2.50. The van der Waals surface area contributed by atoms with E-state index in [1.54, 1.807) is 0 Å². The average Bonchev–Trinajstić information content (AvgIpc) is 2.26. The number of halogens is 1. The Bertz CT molecular complexity index is 443. The lowest BCUT2D eigenvalue weighted by atomic mass is 9.57. The molecule has 1 aliphatic rings. The summed E-state index contributed by atoms with van der Waals surface area (Å²) in [5, 5.41) is 0. The third-order valence-electron chi connectivity index (χ3n) is 4.83. The van der Waals surface area contributed by atoms with Gasteiger partial charge in [0, 0.05) is 5.88 Å². The van der Waals surface area contributed by atoms with Gasteiger partial charge in [0.2, 0.25) is 0 Å². The first-order valence-corrected chi connectivity index (χ1v) is 7.50. The van der Waals surface area contributed by atoms with E-state index in [1.165, 1.54) is 23.1 Å². The molecule has 0 aliphatic heterocycles. The Morgan fingerprint density at radius 2 is 1.83 bits per heavy atom. The Balaban J connectivity index is 2.57. The number of hydrogen-bond acceptors (Lipinski definition) is 0. The highest BCUT2D eigenvalue weighted by Gasteiger charge is 2.43. The Kier molecular flexibility index (Phi) is 3.53. The Hall–Kier alpha value is -0.490. The molecule has 0 saturated carbocycles. The van der Waals surface area contributed by atoms with Gasteiger partial charge in [-0.25, -0.2) is 0 Å². The molecule has 18 heavy (non-hydrogen) atoms. The van der Waals surface area contributed by atoms with Crippen molar-refractivity contribution in [3.05, 3.63) is 34.9 Å². The molecule has 1 aliphatic carbocycles. The molecule has 0 unspecified atom stereocenters. The second-order valence-electron chi connectivity index (χ2n) is 7.03. The second-order valence-corrected chi connectivity index (χ2v) is 7.41. The van der Waals surface area contributed by atoms with Gasteiger partial charge in [-0.1, -0.05) is 51.5 Å². The number of alkyl halides is 1. The highest BCUT2D eigenvalue weighted by atomic mass is 35.5. The number of aryl methyl sites for hydroxylation is 1. The second kappa shape index (κ2) is 4.56. The fourth-order valence-corrected chi connectivity index (χ4v) is 3.84. The molecule has 100 valence electrons. The number of hydrogen-bond donors (Lipinski definition) is 0. The van der Waals surface area contributed by atoms with E-state index in [2.05, 4.69) is 52.8 Å². The first-order valence-electron chi connectivity index (χ1n) is 6.96. The van der Waals surface area contributed by atoms with Gasteiger partial charge in [0.05, 0.1) is 0 Å². The quantitative estimate of drug-likeness (QED) is 0.644. The van der Waals surface area contributed by atoms with E-state index < -0.39 is 0 Å². The van der Waals surface area contributed by atoms with Crippen LogP contribution < -0.4 is 0 Å². The maximum atomic E-state index is 6.01. The predicted molar refractivity (Wildman–Crippen MR) is 80.7 cm³/mol. The van der Waals surface area contributed by atoms with Crippen molar-refractivity contribution in [1.29, 1.82) is 0 Å². The Morgan fingerprint density at radius 3 is 2.44 bits per heavy atom. The minimum atomic E-state index is 0.242. The van der Waals surface area contributed by atoms with Crippen molar-refractivity contribution in [3.8, 4) is 0 Å². The van der Waals surface area contributed by atoms with Gasteiger partial charge in [0.1, 0.15) is 0 Å². The summed E-state index contributed by atoms with van der Waals surface area (Å²) < 4.78 is 0. The molecule has 1 aromatic rings. The standard InChI is InChI=1S/C17H25Cl/c1-12-6-7-14-15(10-12)17(4,5)13(8-9-18)11-16(14,2)3/h6-7,10,13H,8-9,11H2,1-5H3/t13-/m0/s1. The molecule has 0 N–H and O–H groups in total. The first-order chi connectivity index (χ1) is 8.29. The zero-order valence-electron chi connectivity index (χ0n) is 12.3. The molecule has 0 saturated heterocycles. The molecule has 0 amide bonds. The zero-order chi connectivity index (χ0) is 13.6. The van der Waals surface area contributed by atoms with Crippen LogP contribution in [0.3, 0.4) is 0 Å². The molecule has 1 heteroatoms. The van der Waals surface area contributed by atoms with Crippen LogP contribution in [-0.2, 0) is 10.8 Å². The van der Waals surface area contributed by atoms with Crippen LogP contribution in [0.2, 0.25) is 0 Å². The van der Waals surface area contributed by atoms with Crippen molar-refractivity contribution in [2.24, 2.45) is 5.92 Å². The van der Waals surface area contributed by atoms with E-state index in [1.807, 2.05) is 0 Å². The molecule has 0 spiro atoms. The molecule has 0 fully saturated rings. The highest BCUT2D eigenvalue weighted by molar-refractivity contribution is 6.17. The summed E-state index contributed by atoms with van der Waals surface area (Å²) in [6, 6.07) is 6.97. The molecule has 0 radical (unpaired) electrons. The number of fused-ring (bicyclic) bond motifs is 1. The van der Waals surface area contributed by atoms with Crippen molar-refractivity contribution < 1.29 is 0 Å². The van der Waals surface area contributed by atoms with E-state index in [0.717, 1.165) is 12.3 Å². The van der Waals surface area contributed by atoms with Crippen LogP contribution >= 0.6 is 11.6 Å². The minimum Gasteiger partial charge on any atom is -0.127 e. The van der Waals surface area contributed by atoms with Crippen molar-refractivity contribution in [2.75, 3.05) is 5.88 Å². The summed E-state index contributed by atoms with van der Waals surface area (Å²) in [6.07, 6.45) is 2.36. The van der Waals surface area contributed by atoms with E-state index in [0.29, 0.717) is 5.92 Å². The van der Waals surface area contributed by atoms with Gasteiger partial charge in [0.15, 0.2) is 0 Å². The summed E-state index contributed by atoms with van der Waals surface area (Å²) in [5.74, 6) is 1.45. The Labute approximate surface area is 117 Å². The molecule has 0 nitrogen and oxygen atoms in total. The van der Waals surface area contributed by atoms with Crippen molar-refractivity contribution in [1.82, 2.24) is 0 Å². The van der Waals surface area contributed by atoms with Crippen molar-refractivity contribution in [2.45, 2.75) is 58.3 Å². The first kappa shape index (κ1) is 13.9. The fraction of sp³-hybridized carbons (Fsp3) is 0.647. The van der Waals surface area contributed by atoms with E-state index in [-0.39, 0.29) is 10.8 Å². The maximum Gasteiger partial charge on any atom is 0.0226 e. The van der Waals surface area contributed by atoms with Crippen LogP contribution in [0.25, 0.3) is 0 Å². The lowest BCUT2D eigenvalue weighted by Crippen LogP contribution is -2.41. The van der Waals surface area contributed by atoms with E-state index in [9.17, 15) is 0 Å². The molecule has 0 heterocycles. The third kappa shape index (κ3) is 2.20. The lowest BCUT2D eigenvalue weighted by molar-refractivity contribution is 0.210. The predicted octanol–water partition coefficient (Wildman–Crippen LogP) is 5.20. The van der Waals surface area contributed by atoms with Crippen LogP contribution in [0.5, 0.6) is 0 Å². The number of benzene rings is 1. The molecular weight excluding hydrogens is 240 g/mol. The molecular formula is C17H25Cl. The topological polar surface area (TPSA) is 0 Å². The summed E-state index contributed by atoms with van der Waals surface area (Å²) in [7, 11) is 0. The van der Waals surface area contributed by atoms with Gasteiger partial charge >= 0.3 is 0 Å². The van der Waals surface area contributed by atoms with Crippen LogP contribution in [0, 0.1) is 12.8 Å². The Morgan fingerprint density at radius 1 is 1.17 bits per heavy atom. The SMILES string of the molecule is Cc1ccc2c(c1)C(C)(C)[C@@H](CCCl)CC2(C)C. The smallest absolute Gasteiger partial charge is 0.0226 e. The monoisotopic (exact) mass is 264 g/mol. The van der Waals surface area contributed by atoms with Crippen LogP contribution in [0.4, 0.5) is 0 Å². The van der Waals surface area contributed by atoms with E-state index >= 15 is 0 Å². The lowest BCUT2D eigenvalue weighted by Gasteiger charge is -2.48. The van der Waals surface area contributed by atoms with Crippen LogP contribution in [0.15, 0.2) is 18.2 Å². The van der Waals surface area contributed by atoms with Crippen molar-refractivity contribution >= 4 is 11.6 Å². The zero-order valence-corrected chi connectivity index (χ0v) is 13.1. The summed E-state index contributed by atoms with van der Waals surface area (Å²) >= 11 is 6.01. The normalized spacial score (nSPS) is 24.7. The van der Waals surface area contributed by atoms with Crippen molar-refractivity contribution in [3.63, 3.8) is 0 Å². The maximum absolute atomic E-state index is 6.01. The summed E-state index contributed by atoms with van der Waals surface area (Å²) in [5.41, 5.74) is 4.95. The van der Waals surface area contributed by atoms with Gasteiger partial charge in [-0.15, -0.1) is 11.6 Å². The summed E-state index contributed by atoms with van der Waals surface area (Å²) in [4.78, 5) is 0. The van der Waals surface area contributed by atoms with Gasteiger partial charge in [-0.05, 0) is 47.6 Å². The van der Waals surface area contributed by atoms with Crippen LogP contribution in [-0.4, -0.2) is 5.88 Å². The minimum absolute atomic E-state index is 0.242. The van der Waals surface area contributed by atoms with Gasteiger partial charge < -0.3 is 0 Å². The molecule has 1 aromatic carbocycles. The van der Waals surface area contributed by atoms with Gasteiger partial charge in [-0.3, -0.25) is 0 Å². The molecule has 0 aromatic heterocycles. The molecule has 2 rings (SSSR count). The van der Waals surface area contributed by atoms with E-state index in [4.69, 9.17) is 11.6 Å².